The lowest BCUT2D eigenvalue weighted by atomic mass is 10.1. The Bertz CT molecular complexity index is 1060. The smallest absolute Gasteiger partial charge is 0.210 e. The second kappa shape index (κ2) is 8.23. The molecular weight excluding hydrogens is 366 g/mol. The highest BCUT2D eigenvalue weighted by atomic mass is 32.1. The van der Waals surface area contributed by atoms with E-state index in [-0.39, 0.29) is 0 Å². The van der Waals surface area contributed by atoms with Gasteiger partial charge in [-0.1, -0.05) is 71.5 Å². The number of hydrogen-bond donors (Lipinski definition) is 1. The highest BCUT2D eigenvalue weighted by Gasteiger charge is 2.07. The summed E-state index contributed by atoms with van der Waals surface area (Å²) in [6, 6.07) is 24.7. The summed E-state index contributed by atoms with van der Waals surface area (Å²) in [5.41, 5.74) is 5.84. The molecule has 140 valence electrons. The average molecular weight is 388 g/mol. The van der Waals surface area contributed by atoms with E-state index in [1.54, 1.807) is 0 Å². The van der Waals surface area contributed by atoms with Crippen LogP contribution in [0.5, 0.6) is 5.75 Å². The zero-order chi connectivity index (χ0) is 19.3. The summed E-state index contributed by atoms with van der Waals surface area (Å²) in [4.78, 5) is 0. The van der Waals surface area contributed by atoms with Crippen molar-refractivity contribution in [3.63, 3.8) is 0 Å². The van der Waals surface area contributed by atoms with E-state index in [0.29, 0.717) is 6.61 Å². The van der Waals surface area contributed by atoms with Gasteiger partial charge in [-0.15, -0.1) is 10.2 Å². The lowest BCUT2D eigenvalue weighted by Crippen LogP contribution is -1.94. The van der Waals surface area contributed by atoms with Gasteiger partial charge in [0.2, 0.25) is 5.13 Å². The van der Waals surface area contributed by atoms with Crippen LogP contribution in [0, 0.1) is 13.8 Å². The van der Waals surface area contributed by atoms with Crippen molar-refractivity contribution in [1.29, 1.82) is 0 Å². The molecule has 0 aliphatic rings. The van der Waals surface area contributed by atoms with Gasteiger partial charge in [-0.25, -0.2) is 0 Å². The van der Waals surface area contributed by atoms with E-state index in [2.05, 4.69) is 71.8 Å². The molecule has 0 aliphatic carbocycles. The van der Waals surface area contributed by atoms with Crippen molar-refractivity contribution in [3.05, 3.63) is 88.9 Å². The second-order valence-corrected chi connectivity index (χ2v) is 7.69. The molecule has 1 heterocycles. The van der Waals surface area contributed by atoms with Gasteiger partial charge in [-0.3, -0.25) is 0 Å². The van der Waals surface area contributed by atoms with Gasteiger partial charge in [0.15, 0.2) is 5.01 Å². The number of benzene rings is 3. The second-order valence-electron chi connectivity index (χ2n) is 6.62. The van der Waals surface area contributed by atoms with E-state index in [9.17, 15) is 0 Å². The Morgan fingerprint density at radius 2 is 1.61 bits per heavy atom. The van der Waals surface area contributed by atoms with Crippen LogP contribution < -0.4 is 10.1 Å². The van der Waals surface area contributed by atoms with Crippen molar-refractivity contribution in [1.82, 2.24) is 10.2 Å². The molecule has 0 amide bonds. The van der Waals surface area contributed by atoms with Gasteiger partial charge in [0.05, 0.1) is 0 Å². The zero-order valence-electron chi connectivity index (χ0n) is 15.8. The van der Waals surface area contributed by atoms with Crippen LogP contribution in [0.4, 0.5) is 10.8 Å². The maximum atomic E-state index is 5.87. The number of nitrogens with one attached hydrogen (secondary N) is 1. The number of aromatic nitrogens is 2. The summed E-state index contributed by atoms with van der Waals surface area (Å²) in [5.74, 6) is 0.818. The van der Waals surface area contributed by atoms with Gasteiger partial charge >= 0.3 is 0 Å². The van der Waals surface area contributed by atoms with Crippen molar-refractivity contribution in [2.24, 2.45) is 0 Å². The third kappa shape index (κ3) is 4.38. The van der Waals surface area contributed by atoms with Gasteiger partial charge in [-0.05, 0) is 48.7 Å². The molecular formula is C23H21N3OS. The molecule has 28 heavy (non-hydrogen) atoms. The predicted octanol–water partition coefficient (Wildman–Crippen LogP) is 6.14. The maximum Gasteiger partial charge on any atom is 0.210 e. The Morgan fingerprint density at radius 3 is 2.36 bits per heavy atom. The molecule has 4 aromatic rings. The normalized spacial score (nSPS) is 10.6. The molecule has 0 saturated carbocycles. The molecule has 4 rings (SSSR count). The van der Waals surface area contributed by atoms with Crippen LogP contribution in [0.3, 0.4) is 0 Å². The van der Waals surface area contributed by atoms with Crippen LogP contribution in [0.2, 0.25) is 0 Å². The van der Waals surface area contributed by atoms with Gasteiger partial charge in [0.1, 0.15) is 12.4 Å². The van der Waals surface area contributed by atoms with E-state index in [4.69, 9.17) is 4.74 Å². The van der Waals surface area contributed by atoms with Crippen LogP contribution in [0.1, 0.15) is 16.1 Å². The third-order valence-corrected chi connectivity index (χ3v) is 5.23. The Labute approximate surface area is 168 Å². The molecule has 0 fully saturated rings. The van der Waals surface area contributed by atoms with Crippen LogP contribution >= 0.6 is 11.3 Å². The summed E-state index contributed by atoms with van der Waals surface area (Å²) >= 11 is 1.50. The minimum atomic E-state index is 0.400. The van der Waals surface area contributed by atoms with Crippen LogP contribution in [0.25, 0.3) is 11.1 Å². The number of aryl methyl sites for hydroxylation is 2. The van der Waals surface area contributed by atoms with E-state index in [1.807, 2.05) is 30.3 Å². The van der Waals surface area contributed by atoms with Gasteiger partial charge in [-0.2, -0.15) is 0 Å². The Morgan fingerprint density at radius 1 is 0.857 bits per heavy atom. The number of nitrogens with zero attached hydrogens (tertiary/aromatic N) is 2. The molecule has 0 radical (unpaired) electrons. The van der Waals surface area contributed by atoms with Crippen molar-refractivity contribution in [2.45, 2.75) is 20.5 Å². The molecule has 5 heteroatoms. The first-order valence-electron chi connectivity index (χ1n) is 9.12. The minimum absolute atomic E-state index is 0.400. The van der Waals surface area contributed by atoms with Crippen molar-refractivity contribution >= 4 is 22.2 Å². The predicted molar refractivity (Wildman–Crippen MR) is 115 cm³/mol. The van der Waals surface area contributed by atoms with E-state index < -0.39 is 0 Å². The van der Waals surface area contributed by atoms with Crippen molar-refractivity contribution in [2.75, 3.05) is 5.32 Å². The quantitative estimate of drug-likeness (QED) is 0.431. The fourth-order valence-corrected chi connectivity index (χ4v) is 3.62. The molecule has 0 spiro atoms. The SMILES string of the molecule is Cc1ccc(Nc2nnc(COc3ccc(-c4ccccc4)cc3)s2)c(C)c1. The molecule has 0 saturated heterocycles. The summed E-state index contributed by atoms with van der Waals surface area (Å²) in [7, 11) is 0. The molecule has 0 bridgehead atoms. The number of anilines is 2. The van der Waals surface area contributed by atoms with Crippen LogP contribution in [-0.2, 0) is 6.61 Å². The van der Waals surface area contributed by atoms with Crippen molar-refractivity contribution < 1.29 is 4.74 Å². The first kappa shape index (κ1) is 18.2. The molecule has 0 unspecified atom stereocenters. The van der Waals surface area contributed by atoms with Gasteiger partial charge in [0.25, 0.3) is 0 Å². The zero-order valence-corrected chi connectivity index (χ0v) is 16.7. The van der Waals surface area contributed by atoms with E-state index in [1.165, 1.54) is 33.6 Å². The Balaban J connectivity index is 1.37. The largest absolute Gasteiger partial charge is 0.486 e. The molecule has 4 nitrogen and oxygen atoms in total. The highest BCUT2D eigenvalue weighted by molar-refractivity contribution is 7.15. The minimum Gasteiger partial charge on any atom is -0.486 e. The summed E-state index contributed by atoms with van der Waals surface area (Å²) in [5, 5.41) is 13.4. The van der Waals surface area contributed by atoms with Crippen molar-refractivity contribution in [3.8, 4) is 16.9 Å². The standard InChI is InChI=1S/C23H21N3OS/c1-16-8-13-21(17(2)14-16)24-23-26-25-22(28-23)15-27-20-11-9-19(10-12-20)18-6-4-3-5-7-18/h3-14H,15H2,1-2H3,(H,24,26). The first-order chi connectivity index (χ1) is 13.7. The number of hydrogen-bond acceptors (Lipinski definition) is 5. The first-order valence-corrected chi connectivity index (χ1v) is 9.94. The lowest BCUT2D eigenvalue weighted by molar-refractivity contribution is 0.304. The molecule has 0 atom stereocenters. The fourth-order valence-electron chi connectivity index (χ4n) is 2.95. The lowest BCUT2D eigenvalue weighted by Gasteiger charge is -2.07. The maximum absolute atomic E-state index is 5.87. The molecule has 1 aromatic heterocycles. The van der Waals surface area contributed by atoms with Gasteiger partial charge in [0, 0.05) is 5.69 Å². The van der Waals surface area contributed by atoms with Crippen LogP contribution in [-0.4, -0.2) is 10.2 Å². The van der Waals surface area contributed by atoms with Gasteiger partial charge < -0.3 is 10.1 Å². The fraction of sp³-hybridized carbons (Fsp3) is 0.130. The summed E-state index contributed by atoms with van der Waals surface area (Å²) in [6.45, 7) is 4.57. The topological polar surface area (TPSA) is 47.0 Å². The molecule has 3 aromatic carbocycles. The number of ether oxygens (including phenoxy) is 1. The van der Waals surface area contributed by atoms with E-state index >= 15 is 0 Å². The third-order valence-electron chi connectivity index (χ3n) is 4.41. The number of rotatable bonds is 6. The van der Waals surface area contributed by atoms with Crippen LogP contribution in [0.15, 0.2) is 72.8 Å². The monoisotopic (exact) mass is 387 g/mol. The Kier molecular flexibility index (Phi) is 5.35. The average Bonchev–Trinajstić information content (AvgIpc) is 3.17. The highest BCUT2D eigenvalue weighted by Crippen LogP contribution is 2.26. The molecule has 1 N–H and O–H groups in total. The van der Waals surface area contributed by atoms with E-state index in [0.717, 1.165) is 21.6 Å². The Hall–Kier alpha value is -3.18. The summed E-state index contributed by atoms with van der Waals surface area (Å²) in [6.07, 6.45) is 0. The molecule has 0 aliphatic heterocycles. The summed E-state index contributed by atoms with van der Waals surface area (Å²) < 4.78 is 5.87.